The minimum absolute atomic E-state index is 0.0115. The van der Waals surface area contributed by atoms with Gasteiger partial charge in [-0.05, 0) is 18.1 Å². The highest BCUT2D eigenvalue weighted by atomic mass is 16.5. The van der Waals surface area contributed by atoms with Crippen LogP contribution in [0.5, 0.6) is 0 Å². The van der Waals surface area contributed by atoms with E-state index in [9.17, 15) is 4.79 Å². The van der Waals surface area contributed by atoms with Crippen molar-refractivity contribution in [2.24, 2.45) is 0 Å². The van der Waals surface area contributed by atoms with Gasteiger partial charge in [-0.25, -0.2) is 4.79 Å². The Morgan fingerprint density at radius 1 is 1.38 bits per heavy atom. The zero-order valence-electron chi connectivity index (χ0n) is 9.40. The Hall–Kier alpha value is -1.61. The average molecular weight is 218 g/mol. The Balaban J connectivity index is 2.34. The van der Waals surface area contributed by atoms with Gasteiger partial charge in [0.1, 0.15) is 6.10 Å². The number of esters is 1. The molecule has 0 N–H and O–H groups in total. The molecule has 3 nitrogen and oxygen atoms in total. The van der Waals surface area contributed by atoms with Crippen LogP contribution in [-0.2, 0) is 14.3 Å². The van der Waals surface area contributed by atoms with Crippen LogP contribution in [0.3, 0.4) is 0 Å². The zero-order valence-corrected chi connectivity index (χ0v) is 9.40. The van der Waals surface area contributed by atoms with Crippen molar-refractivity contribution < 1.29 is 14.3 Å². The number of rotatable bonds is 2. The first-order valence-electron chi connectivity index (χ1n) is 5.16. The summed E-state index contributed by atoms with van der Waals surface area (Å²) in [4.78, 5) is 11.4. The lowest BCUT2D eigenvalue weighted by molar-refractivity contribution is -0.137. The van der Waals surface area contributed by atoms with E-state index in [0.29, 0.717) is 5.57 Å². The number of carbonyl (C=O) groups is 1. The second-order valence-electron chi connectivity index (χ2n) is 3.80. The maximum Gasteiger partial charge on any atom is 0.336 e. The van der Waals surface area contributed by atoms with Gasteiger partial charge >= 0.3 is 5.97 Å². The maximum absolute atomic E-state index is 11.4. The van der Waals surface area contributed by atoms with Crippen LogP contribution < -0.4 is 0 Å². The molecular weight excluding hydrogens is 204 g/mol. The van der Waals surface area contributed by atoms with Gasteiger partial charge in [0.2, 0.25) is 0 Å². The van der Waals surface area contributed by atoms with E-state index in [2.05, 4.69) is 11.3 Å². The van der Waals surface area contributed by atoms with Crippen LogP contribution >= 0.6 is 0 Å². The number of methoxy groups -OCH3 is 1. The number of hydrogen-bond acceptors (Lipinski definition) is 3. The molecule has 0 aromatic heterocycles. The third-order valence-electron chi connectivity index (χ3n) is 2.82. The van der Waals surface area contributed by atoms with E-state index in [-0.39, 0.29) is 12.2 Å². The van der Waals surface area contributed by atoms with E-state index in [0.717, 1.165) is 11.1 Å². The predicted molar refractivity (Wildman–Crippen MR) is 59.8 cm³/mol. The van der Waals surface area contributed by atoms with Crippen molar-refractivity contribution in [3.05, 3.63) is 47.5 Å². The second-order valence-corrected chi connectivity index (χ2v) is 3.80. The molecule has 2 rings (SSSR count). The summed E-state index contributed by atoms with van der Waals surface area (Å²) in [7, 11) is 1.35. The first kappa shape index (κ1) is 10.9. The lowest BCUT2D eigenvalue weighted by Gasteiger charge is -2.13. The minimum atomic E-state index is -0.422. The Kier molecular flexibility index (Phi) is 2.79. The number of hydrogen-bond donors (Lipinski definition) is 0. The van der Waals surface area contributed by atoms with Crippen molar-refractivity contribution in [3.8, 4) is 0 Å². The van der Waals surface area contributed by atoms with E-state index in [1.807, 2.05) is 31.2 Å². The quantitative estimate of drug-likeness (QED) is 0.565. The molecule has 0 fully saturated rings. The van der Waals surface area contributed by atoms with Gasteiger partial charge in [0, 0.05) is 0 Å². The molecule has 16 heavy (non-hydrogen) atoms. The molecular formula is C13H14O3. The average Bonchev–Trinajstić information content (AvgIpc) is 2.65. The van der Waals surface area contributed by atoms with E-state index in [4.69, 9.17) is 4.74 Å². The normalized spacial score (nSPS) is 22.6. The van der Waals surface area contributed by atoms with Crippen molar-refractivity contribution >= 4 is 5.97 Å². The van der Waals surface area contributed by atoms with Crippen LogP contribution in [0, 0.1) is 0 Å². The Bertz CT molecular complexity index is 437. The molecule has 0 aliphatic carbocycles. The van der Waals surface area contributed by atoms with E-state index >= 15 is 0 Å². The van der Waals surface area contributed by atoms with Crippen LogP contribution in [0.25, 0.3) is 0 Å². The highest BCUT2D eigenvalue weighted by Crippen LogP contribution is 2.42. The fourth-order valence-corrected chi connectivity index (χ4v) is 1.98. The first-order chi connectivity index (χ1) is 7.65. The molecule has 1 aliphatic heterocycles. The largest absolute Gasteiger partial charge is 0.466 e. The van der Waals surface area contributed by atoms with Crippen molar-refractivity contribution in [1.29, 1.82) is 0 Å². The summed E-state index contributed by atoms with van der Waals surface area (Å²) in [5.74, 6) is -0.422. The van der Waals surface area contributed by atoms with Crippen LogP contribution in [0.1, 0.15) is 30.3 Å². The minimum Gasteiger partial charge on any atom is -0.466 e. The Morgan fingerprint density at radius 3 is 2.62 bits per heavy atom. The van der Waals surface area contributed by atoms with E-state index in [1.54, 1.807) is 0 Å². The summed E-state index contributed by atoms with van der Waals surface area (Å²) in [6, 6.07) is 7.85. The highest BCUT2D eigenvalue weighted by Gasteiger charge is 2.33. The molecule has 2 atom stereocenters. The highest BCUT2D eigenvalue weighted by molar-refractivity contribution is 5.89. The topological polar surface area (TPSA) is 35.5 Å². The Morgan fingerprint density at radius 2 is 2.00 bits per heavy atom. The summed E-state index contributed by atoms with van der Waals surface area (Å²) < 4.78 is 10.4. The molecule has 3 heteroatoms. The monoisotopic (exact) mass is 218 g/mol. The third-order valence-corrected chi connectivity index (χ3v) is 2.82. The molecule has 0 spiro atoms. The van der Waals surface area contributed by atoms with E-state index < -0.39 is 5.97 Å². The van der Waals surface area contributed by atoms with Crippen LogP contribution in [0.2, 0.25) is 0 Å². The fraction of sp³-hybridized carbons (Fsp3) is 0.308. The second kappa shape index (κ2) is 4.10. The van der Waals surface area contributed by atoms with Gasteiger partial charge in [-0.1, -0.05) is 30.8 Å². The van der Waals surface area contributed by atoms with Crippen molar-refractivity contribution in [3.63, 3.8) is 0 Å². The molecule has 0 bridgehead atoms. The summed E-state index contributed by atoms with van der Waals surface area (Å²) in [6.45, 7) is 5.70. The van der Waals surface area contributed by atoms with Gasteiger partial charge in [0.25, 0.3) is 0 Å². The molecule has 0 saturated carbocycles. The number of benzene rings is 1. The first-order valence-corrected chi connectivity index (χ1v) is 5.16. The van der Waals surface area contributed by atoms with Crippen molar-refractivity contribution in [1.82, 2.24) is 0 Å². The van der Waals surface area contributed by atoms with Gasteiger partial charge in [0.15, 0.2) is 0 Å². The Labute approximate surface area is 94.7 Å². The zero-order chi connectivity index (χ0) is 11.7. The van der Waals surface area contributed by atoms with E-state index in [1.165, 1.54) is 7.11 Å². The summed E-state index contributed by atoms with van der Waals surface area (Å²) in [6.07, 6.45) is -0.388. The maximum atomic E-state index is 11.4. The molecule has 1 aromatic carbocycles. The summed E-state index contributed by atoms with van der Waals surface area (Å²) in [5, 5.41) is 0. The molecule has 0 amide bonds. The van der Waals surface area contributed by atoms with Gasteiger partial charge in [-0.3, -0.25) is 0 Å². The van der Waals surface area contributed by atoms with Gasteiger partial charge in [-0.15, -0.1) is 0 Å². The molecule has 0 saturated heterocycles. The number of ether oxygens (including phenoxy) is 2. The molecule has 1 aliphatic rings. The molecule has 1 aromatic rings. The van der Waals surface area contributed by atoms with Crippen LogP contribution in [0.15, 0.2) is 36.4 Å². The predicted octanol–water partition coefficient (Wildman–Crippen LogP) is 2.55. The smallest absolute Gasteiger partial charge is 0.336 e. The SMILES string of the molecule is C=C(C(=O)OC)C1OC(C)c2ccccc21. The van der Waals surface area contributed by atoms with Crippen LogP contribution in [0.4, 0.5) is 0 Å². The van der Waals surface area contributed by atoms with Crippen LogP contribution in [-0.4, -0.2) is 13.1 Å². The number of carbonyl (C=O) groups excluding carboxylic acids is 1. The molecule has 2 unspecified atom stereocenters. The van der Waals surface area contributed by atoms with Gasteiger partial charge in [0.05, 0.1) is 18.8 Å². The van der Waals surface area contributed by atoms with Crippen molar-refractivity contribution in [2.75, 3.05) is 7.11 Å². The lowest BCUT2D eigenvalue weighted by Crippen LogP contribution is -2.11. The lowest BCUT2D eigenvalue weighted by atomic mass is 9.99. The standard InChI is InChI=1S/C13H14O3/c1-8(13(14)15-3)12-11-7-5-4-6-10(11)9(2)16-12/h4-7,9,12H,1H2,2-3H3. The third kappa shape index (κ3) is 1.63. The number of fused-ring (bicyclic) bond motifs is 1. The molecule has 0 radical (unpaired) electrons. The van der Waals surface area contributed by atoms with Gasteiger partial charge in [-0.2, -0.15) is 0 Å². The molecule has 84 valence electrons. The van der Waals surface area contributed by atoms with Gasteiger partial charge < -0.3 is 9.47 Å². The van der Waals surface area contributed by atoms with Crippen molar-refractivity contribution in [2.45, 2.75) is 19.1 Å². The summed E-state index contributed by atoms with van der Waals surface area (Å²) >= 11 is 0. The molecule has 1 heterocycles. The summed E-state index contributed by atoms with van der Waals surface area (Å²) in [5.41, 5.74) is 2.46. The fourth-order valence-electron chi connectivity index (χ4n) is 1.98.